The van der Waals surface area contributed by atoms with E-state index in [9.17, 15) is 0 Å². The molecule has 1 aromatic rings. The lowest BCUT2D eigenvalue weighted by Gasteiger charge is -2.28. The first-order valence-electron chi connectivity index (χ1n) is 7.69. The Labute approximate surface area is 126 Å². The Morgan fingerprint density at radius 3 is 1.95 bits per heavy atom. The van der Waals surface area contributed by atoms with Crippen LogP contribution in [0.5, 0.6) is 17.2 Å². The Morgan fingerprint density at radius 1 is 0.952 bits per heavy atom. The molecule has 1 aromatic carbocycles. The van der Waals surface area contributed by atoms with Crippen molar-refractivity contribution in [2.75, 3.05) is 28.4 Å². The molecule has 3 atom stereocenters. The zero-order valence-electron chi connectivity index (χ0n) is 13.3. The minimum Gasteiger partial charge on any atom is -0.496 e. The third-order valence-corrected chi connectivity index (χ3v) is 5.13. The van der Waals surface area contributed by atoms with E-state index in [1.54, 1.807) is 21.3 Å². The second kappa shape index (κ2) is 5.76. The fourth-order valence-electron chi connectivity index (χ4n) is 3.99. The summed E-state index contributed by atoms with van der Waals surface area (Å²) in [4.78, 5) is 0. The summed E-state index contributed by atoms with van der Waals surface area (Å²) in [5, 5.41) is 3.49. The first kappa shape index (κ1) is 14.5. The highest BCUT2D eigenvalue weighted by Crippen LogP contribution is 2.58. The van der Waals surface area contributed by atoms with Crippen LogP contribution >= 0.6 is 0 Å². The third kappa shape index (κ3) is 2.57. The van der Waals surface area contributed by atoms with Gasteiger partial charge in [-0.15, -0.1) is 0 Å². The molecule has 2 aliphatic rings. The molecule has 3 rings (SSSR count). The highest BCUT2D eigenvalue weighted by molar-refractivity contribution is 5.52. The second-order valence-electron chi connectivity index (χ2n) is 6.20. The molecule has 0 saturated heterocycles. The van der Waals surface area contributed by atoms with Gasteiger partial charge in [0, 0.05) is 18.2 Å². The maximum absolute atomic E-state index is 5.61. The van der Waals surface area contributed by atoms with Crippen molar-refractivity contribution in [2.45, 2.75) is 25.3 Å². The van der Waals surface area contributed by atoms with E-state index in [0.29, 0.717) is 5.92 Å². The highest BCUT2D eigenvalue weighted by Gasteiger charge is 2.48. The average Bonchev–Trinajstić information content (AvgIpc) is 3.14. The molecule has 21 heavy (non-hydrogen) atoms. The molecular weight excluding hydrogens is 266 g/mol. The number of methoxy groups -OCH3 is 3. The Kier molecular flexibility index (Phi) is 3.98. The smallest absolute Gasteiger partial charge is 0.131 e. The normalized spacial score (nSPS) is 27.9. The van der Waals surface area contributed by atoms with Gasteiger partial charge >= 0.3 is 0 Å². The molecule has 0 aliphatic heterocycles. The van der Waals surface area contributed by atoms with Gasteiger partial charge in [0.1, 0.15) is 17.2 Å². The summed E-state index contributed by atoms with van der Waals surface area (Å²) in [6, 6.07) is 4.16. The van der Waals surface area contributed by atoms with Gasteiger partial charge in [-0.25, -0.2) is 0 Å². The van der Waals surface area contributed by atoms with Crippen LogP contribution in [0.2, 0.25) is 0 Å². The van der Waals surface area contributed by atoms with Gasteiger partial charge in [-0.05, 0) is 44.1 Å². The SMILES string of the molecule is CNC(c1c(OC)cc(OC)cc1OC)C1CC2CC2C1. The van der Waals surface area contributed by atoms with Crippen LogP contribution in [-0.4, -0.2) is 28.4 Å². The van der Waals surface area contributed by atoms with Crippen LogP contribution in [0.3, 0.4) is 0 Å². The number of hydrogen-bond donors (Lipinski definition) is 1. The molecule has 0 radical (unpaired) electrons. The van der Waals surface area contributed by atoms with Crippen molar-refractivity contribution >= 4 is 0 Å². The zero-order chi connectivity index (χ0) is 15.0. The molecule has 0 heterocycles. The number of rotatable bonds is 6. The molecule has 4 nitrogen and oxygen atoms in total. The van der Waals surface area contributed by atoms with Gasteiger partial charge in [-0.3, -0.25) is 0 Å². The van der Waals surface area contributed by atoms with E-state index >= 15 is 0 Å². The Bertz CT molecular complexity index is 482. The van der Waals surface area contributed by atoms with Crippen molar-refractivity contribution in [3.63, 3.8) is 0 Å². The molecule has 4 heteroatoms. The van der Waals surface area contributed by atoms with E-state index in [1.165, 1.54) is 19.3 Å². The lowest BCUT2D eigenvalue weighted by molar-refractivity contribution is 0.318. The van der Waals surface area contributed by atoms with E-state index in [2.05, 4.69) is 5.32 Å². The van der Waals surface area contributed by atoms with Crippen LogP contribution in [0.25, 0.3) is 0 Å². The van der Waals surface area contributed by atoms with Crippen LogP contribution in [-0.2, 0) is 0 Å². The minimum absolute atomic E-state index is 0.272. The number of benzene rings is 1. The van der Waals surface area contributed by atoms with E-state index in [1.807, 2.05) is 19.2 Å². The first-order valence-corrected chi connectivity index (χ1v) is 7.69. The molecule has 2 aliphatic carbocycles. The van der Waals surface area contributed by atoms with E-state index < -0.39 is 0 Å². The van der Waals surface area contributed by atoms with E-state index in [4.69, 9.17) is 14.2 Å². The molecule has 2 fully saturated rings. The fourth-order valence-corrected chi connectivity index (χ4v) is 3.99. The minimum atomic E-state index is 0.272. The second-order valence-corrected chi connectivity index (χ2v) is 6.20. The van der Waals surface area contributed by atoms with Gasteiger partial charge in [0.05, 0.1) is 26.9 Å². The molecule has 116 valence electrons. The quantitative estimate of drug-likeness (QED) is 0.874. The molecular formula is C17H25NO3. The summed E-state index contributed by atoms with van der Waals surface area (Å²) in [7, 11) is 7.10. The first-order chi connectivity index (χ1) is 10.2. The largest absolute Gasteiger partial charge is 0.496 e. The topological polar surface area (TPSA) is 39.7 Å². The maximum Gasteiger partial charge on any atom is 0.131 e. The van der Waals surface area contributed by atoms with Crippen LogP contribution < -0.4 is 19.5 Å². The highest BCUT2D eigenvalue weighted by atomic mass is 16.5. The van der Waals surface area contributed by atoms with Crippen molar-refractivity contribution in [3.05, 3.63) is 17.7 Å². The zero-order valence-corrected chi connectivity index (χ0v) is 13.3. The summed E-state index contributed by atoms with van der Waals surface area (Å²) < 4.78 is 16.6. The van der Waals surface area contributed by atoms with E-state index in [0.717, 1.165) is 34.6 Å². The predicted molar refractivity (Wildman–Crippen MR) is 82.2 cm³/mol. The van der Waals surface area contributed by atoms with Crippen LogP contribution in [0.4, 0.5) is 0 Å². The number of fused-ring (bicyclic) bond motifs is 1. The monoisotopic (exact) mass is 291 g/mol. The van der Waals surface area contributed by atoms with Gasteiger partial charge in [0.2, 0.25) is 0 Å². The predicted octanol–water partition coefficient (Wildman–Crippen LogP) is 3.02. The van der Waals surface area contributed by atoms with Crippen molar-refractivity contribution in [2.24, 2.45) is 17.8 Å². The van der Waals surface area contributed by atoms with Gasteiger partial charge in [0.15, 0.2) is 0 Å². The Hall–Kier alpha value is -1.42. The van der Waals surface area contributed by atoms with Gasteiger partial charge < -0.3 is 19.5 Å². The molecule has 2 saturated carbocycles. The van der Waals surface area contributed by atoms with Crippen molar-refractivity contribution in [1.82, 2.24) is 5.32 Å². The average molecular weight is 291 g/mol. The van der Waals surface area contributed by atoms with Crippen LogP contribution in [0.15, 0.2) is 12.1 Å². The van der Waals surface area contributed by atoms with Crippen molar-refractivity contribution in [3.8, 4) is 17.2 Å². The Morgan fingerprint density at radius 2 is 1.52 bits per heavy atom. The molecule has 3 unspecified atom stereocenters. The van der Waals surface area contributed by atoms with Gasteiger partial charge in [0.25, 0.3) is 0 Å². The maximum atomic E-state index is 5.61. The summed E-state index contributed by atoms with van der Waals surface area (Å²) in [5.41, 5.74) is 1.12. The summed E-state index contributed by atoms with van der Waals surface area (Å²) >= 11 is 0. The van der Waals surface area contributed by atoms with E-state index in [-0.39, 0.29) is 6.04 Å². The number of nitrogens with one attached hydrogen (secondary N) is 1. The summed E-state index contributed by atoms with van der Waals surface area (Å²) in [5.74, 6) is 5.02. The summed E-state index contributed by atoms with van der Waals surface area (Å²) in [6.45, 7) is 0. The lowest BCUT2D eigenvalue weighted by atomic mass is 9.88. The molecule has 0 amide bonds. The number of ether oxygens (including phenoxy) is 3. The van der Waals surface area contributed by atoms with Crippen molar-refractivity contribution < 1.29 is 14.2 Å². The van der Waals surface area contributed by atoms with Crippen LogP contribution in [0.1, 0.15) is 30.9 Å². The molecule has 0 aromatic heterocycles. The third-order valence-electron chi connectivity index (χ3n) is 5.13. The number of hydrogen-bond acceptors (Lipinski definition) is 4. The Balaban J connectivity index is 1.97. The standard InChI is InChI=1S/C17H25NO3/c1-18-17(12-6-10-5-11(10)7-12)16-14(20-3)8-13(19-2)9-15(16)21-4/h8-12,17-18H,5-7H2,1-4H3. The molecule has 1 N–H and O–H groups in total. The summed E-state index contributed by atoms with van der Waals surface area (Å²) in [6.07, 6.45) is 4.06. The molecule has 0 bridgehead atoms. The van der Waals surface area contributed by atoms with Gasteiger partial charge in [-0.1, -0.05) is 0 Å². The lowest BCUT2D eigenvalue weighted by Crippen LogP contribution is -2.25. The van der Waals surface area contributed by atoms with Gasteiger partial charge in [-0.2, -0.15) is 0 Å². The molecule has 0 spiro atoms. The fraction of sp³-hybridized carbons (Fsp3) is 0.647. The van der Waals surface area contributed by atoms with Crippen LogP contribution in [0, 0.1) is 17.8 Å². The van der Waals surface area contributed by atoms with Crippen molar-refractivity contribution in [1.29, 1.82) is 0 Å².